The van der Waals surface area contributed by atoms with Crippen molar-refractivity contribution in [1.82, 2.24) is 4.57 Å². The Kier molecular flexibility index (Phi) is 4.13. The molecule has 0 N–H and O–H groups in total. The minimum atomic E-state index is 0.860. The predicted molar refractivity (Wildman–Crippen MR) is 108 cm³/mol. The fraction of sp³-hybridized carbons (Fsp3) is 0.130. The molecule has 0 aliphatic rings. The maximum absolute atomic E-state index is 4.66. The number of aryl methyl sites for hydroxylation is 3. The van der Waals surface area contributed by atoms with Crippen molar-refractivity contribution in [2.45, 2.75) is 13.8 Å². The normalized spacial score (nSPS) is 11.5. The van der Waals surface area contributed by atoms with Crippen LogP contribution in [-0.4, -0.2) is 4.57 Å². The predicted octanol–water partition coefficient (Wildman–Crippen LogP) is 6.88. The van der Waals surface area contributed by atoms with Crippen molar-refractivity contribution in [3.63, 3.8) is 0 Å². The summed E-state index contributed by atoms with van der Waals surface area (Å²) in [7, 11) is 2.09. The van der Waals surface area contributed by atoms with Gasteiger partial charge < -0.3 is 4.57 Å². The van der Waals surface area contributed by atoms with Crippen LogP contribution in [0.3, 0.4) is 0 Å². The summed E-state index contributed by atoms with van der Waals surface area (Å²) in [6, 6.07) is 25.0. The monoisotopic (exact) mass is 339 g/mol. The van der Waals surface area contributed by atoms with Crippen molar-refractivity contribution in [2.75, 3.05) is 0 Å². The first-order valence-electron chi connectivity index (χ1n) is 8.76. The Labute approximate surface area is 153 Å². The summed E-state index contributed by atoms with van der Waals surface area (Å²) in [5, 5.41) is 10.3. The molecule has 4 aromatic rings. The largest absolute Gasteiger partial charge is 0.342 e. The van der Waals surface area contributed by atoms with Crippen LogP contribution in [0.25, 0.3) is 22.2 Å². The highest BCUT2D eigenvalue weighted by Crippen LogP contribution is 2.40. The van der Waals surface area contributed by atoms with Gasteiger partial charge in [0.05, 0.1) is 16.9 Å². The van der Waals surface area contributed by atoms with E-state index >= 15 is 0 Å². The van der Waals surface area contributed by atoms with Crippen LogP contribution in [-0.2, 0) is 7.05 Å². The second kappa shape index (κ2) is 6.60. The lowest BCUT2D eigenvalue weighted by Crippen LogP contribution is -1.91. The zero-order chi connectivity index (χ0) is 18.1. The summed E-state index contributed by atoms with van der Waals surface area (Å²) < 4.78 is 2.20. The van der Waals surface area contributed by atoms with Crippen LogP contribution < -0.4 is 0 Å². The van der Waals surface area contributed by atoms with Gasteiger partial charge in [-0.15, -0.1) is 5.11 Å². The molecule has 0 bridgehead atoms. The Hall–Kier alpha value is -3.20. The van der Waals surface area contributed by atoms with Crippen LogP contribution in [0, 0.1) is 13.8 Å². The highest BCUT2D eigenvalue weighted by Gasteiger charge is 2.16. The molecule has 3 aromatic carbocycles. The number of benzene rings is 3. The third-order valence-electron chi connectivity index (χ3n) is 4.70. The standard InChI is InChI=1S/C23H21N3/c1-16-8-12-18(13-9-16)23-22(20-6-4-5-7-21(20)26(23)3)25-24-19-14-10-17(2)11-15-19/h4-15H,1-3H3. The van der Waals surface area contributed by atoms with E-state index in [1.54, 1.807) is 0 Å². The molecule has 0 unspecified atom stereocenters. The molecule has 1 aromatic heterocycles. The van der Waals surface area contributed by atoms with Gasteiger partial charge in [-0.3, -0.25) is 0 Å². The number of azo groups is 1. The summed E-state index contributed by atoms with van der Waals surface area (Å²) in [4.78, 5) is 0. The average Bonchev–Trinajstić information content (AvgIpc) is 2.94. The second-order valence-electron chi connectivity index (χ2n) is 6.67. The number of hydrogen-bond acceptors (Lipinski definition) is 2. The molecule has 0 saturated heterocycles. The van der Waals surface area contributed by atoms with Gasteiger partial charge in [0, 0.05) is 18.0 Å². The lowest BCUT2D eigenvalue weighted by molar-refractivity contribution is 0.976. The quantitative estimate of drug-likeness (QED) is 0.364. The number of aromatic nitrogens is 1. The molecule has 0 aliphatic heterocycles. The van der Waals surface area contributed by atoms with Crippen LogP contribution in [0.2, 0.25) is 0 Å². The molecule has 26 heavy (non-hydrogen) atoms. The Bertz CT molecular complexity index is 1080. The van der Waals surface area contributed by atoms with E-state index in [-0.39, 0.29) is 0 Å². The van der Waals surface area contributed by atoms with Gasteiger partial charge >= 0.3 is 0 Å². The van der Waals surface area contributed by atoms with Crippen LogP contribution >= 0.6 is 0 Å². The van der Waals surface area contributed by atoms with Gasteiger partial charge in [0.1, 0.15) is 5.69 Å². The molecule has 1 heterocycles. The smallest absolute Gasteiger partial charge is 0.119 e. The molecule has 128 valence electrons. The summed E-state index contributed by atoms with van der Waals surface area (Å²) in [6.45, 7) is 4.17. The number of para-hydroxylation sites is 1. The molecule has 3 heteroatoms. The molecule has 0 fully saturated rings. The molecule has 0 atom stereocenters. The van der Waals surface area contributed by atoms with Crippen molar-refractivity contribution in [3.8, 4) is 11.3 Å². The Morgan fingerprint density at radius 3 is 2.00 bits per heavy atom. The minimum absolute atomic E-state index is 0.860. The van der Waals surface area contributed by atoms with Gasteiger partial charge in [-0.25, -0.2) is 0 Å². The molecule has 0 amide bonds. The van der Waals surface area contributed by atoms with Gasteiger partial charge in [-0.1, -0.05) is 65.7 Å². The minimum Gasteiger partial charge on any atom is -0.342 e. The molecule has 3 nitrogen and oxygen atoms in total. The van der Waals surface area contributed by atoms with E-state index in [0.717, 1.165) is 33.5 Å². The Balaban J connectivity index is 1.90. The van der Waals surface area contributed by atoms with E-state index in [2.05, 4.69) is 90.3 Å². The Morgan fingerprint density at radius 2 is 1.31 bits per heavy atom. The Morgan fingerprint density at radius 1 is 0.692 bits per heavy atom. The van der Waals surface area contributed by atoms with E-state index in [1.807, 2.05) is 18.2 Å². The molecule has 0 aliphatic carbocycles. The van der Waals surface area contributed by atoms with E-state index in [4.69, 9.17) is 0 Å². The second-order valence-corrected chi connectivity index (χ2v) is 6.67. The third kappa shape index (κ3) is 2.92. The summed E-state index contributed by atoms with van der Waals surface area (Å²) in [5.74, 6) is 0. The van der Waals surface area contributed by atoms with Crippen molar-refractivity contribution in [1.29, 1.82) is 0 Å². The fourth-order valence-electron chi connectivity index (χ4n) is 3.24. The first-order chi connectivity index (χ1) is 12.6. The van der Waals surface area contributed by atoms with Crippen molar-refractivity contribution >= 4 is 22.3 Å². The first kappa shape index (κ1) is 16.3. The summed E-state index contributed by atoms with van der Waals surface area (Å²) >= 11 is 0. The van der Waals surface area contributed by atoms with Crippen molar-refractivity contribution in [2.24, 2.45) is 17.3 Å². The van der Waals surface area contributed by atoms with Crippen LogP contribution in [0.15, 0.2) is 83.0 Å². The van der Waals surface area contributed by atoms with Gasteiger partial charge in [0.2, 0.25) is 0 Å². The fourth-order valence-corrected chi connectivity index (χ4v) is 3.24. The van der Waals surface area contributed by atoms with E-state index in [9.17, 15) is 0 Å². The maximum Gasteiger partial charge on any atom is 0.119 e. The molecule has 4 rings (SSSR count). The topological polar surface area (TPSA) is 29.6 Å². The SMILES string of the molecule is Cc1ccc(N=Nc2c(-c3ccc(C)cc3)n(C)c3ccccc23)cc1. The lowest BCUT2D eigenvalue weighted by Gasteiger charge is -2.06. The zero-order valence-corrected chi connectivity index (χ0v) is 15.3. The van der Waals surface area contributed by atoms with Gasteiger partial charge in [0.25, 0.3) is 0 Å². The third-order valence-corrected chi connectivity index (χ3v) is 4.70. The van der Waals surface area contributed by atoms with Gasteiger partial charge in [-0.2, -0.15) is 5.11 Å². The maximum atomic E-state index is 4.66. The average molecular weight is 339 g/mol. The molecule has 0 radical (unpaired) electrons. The highest BCUT2D eigenvalue weighted by atomic mass is 15.1. The van der Waals surface area contributed by atoms with E-state index in [1.165, 1.54) is 11.1 Å². The lowest BCUT2D eigenvalue weighted by atomic mass is 10.1. The van der Waals surface area contributed by atoms with Crippen LogP contribution in [0.4, 0.5) is 11.4 Å². The van der Waals surface area contributed by atoms with E-state index < -0.39 is 0 Å². The van der Waals surface area contributed by atoms with Crippen molar-refractivity contribution < 1.29 is 0 Å². The van der Waals surface area contributed by atoms with Crippen molar-refractivity contribution in [3.05, 3.63) is 83.9 Å². The zero-order valence-electron chi connectivity index (χ0n) is 15.3. The summed E-state index contributed by atoms with van der Waals surface area (Å²) in [5.41, 5.74) is 7.62. The van der Waals surface area contributed by atoms with Crippen LogP contribution in [0.1, 0.15) is 11.1 Å². The number of nitrogens with zero attached hydrogens (tertiary/aromatic N) is 3. The molecule has 0 spiro atoms. The number of fused-ring (bicyclic) bond motifs is 1. The summed E-state index contributed by atoms with van der Waals surface area (Å²) in [6.07, 6.45) is 0. The van der Waals surface area contributed by atoms with Gasteiger partial charge in [-0.05, 0) is 32.0 Å². The first-order valence-corrected chi connectivity index (χ1v) is 8.76. The molecule has 0 saturated carbocycles. The van der Waals surface area contributed by atoms with E-state index in [0.29, 0.717) is 0 Å². The number of rotatable bonds is 3. The highest BCUT2D eigenvalue weighted by molar-refractivity contribution is 6.00. The number of hydrogen-bond donors (Lipinski definition) is 0. The molecular formula is C23H21N3. The van der Waals surface area contributed by atoms with Gasteiger partial charge in [0.15, 0.2) is 0 Å². The van der Waals surface area contributed by atoms with Crippen LogP contribution in [0.5, 0.6) is 0 Å². The molecular weight excluding hydrogens is 318 g/mol.